The number of fused-ring (bicyclic) bond motifs is 1. The zero-order valence-corrected chi connectivity index (χ0v) is 13.0. The summed E-state index contributed by atoms with van der Waals surface area (Å²) in [5, 5.41) is 4.41. The van der Waals surface area contributed by atoms with Crippen LogP contribution < -0.4 is 4.72 Å². The molecule has 1 aliphatic carbocycles. The molecule has 0 amide bonds. The summed E-state index contributed by atoms with van der Waals surface area (Å²) in [5.41, 5.74) is 3.40. The van der Waals surface area contributed by atoms with Crippen LogP contribution >= 0.6 is 0 Å². The predicted molar refractivity (Wildman–Crippen MR) is 82.9 cm³/mol. The minimum Gasteiger partial charge on any atom is -0.268 e. The molecule has 0 saturated heterocycles. The molecule has 6 heteroatoms. The van der Waals surface area contributed by atoms with Crippen molar-refractivity contribution in [2.24, 2.45) is 0 Å². The van der Waals surface area contributed by atoms with Crippen LogP contribution in [0.3, 0.4) is 0 Å². The first-order valence-electron chi connectivity index (χ1n) is 7.05. The van der Waals surface area contributed by atoms with Gasteiger partial charge in [0.25, 0.3) is 0 Å². The highest BCUT2D eigenvalue weighted by atomic mass is 32.2. The molecule has 0 bridgehead atoms. The lowest BCUT2D eigenvalue weighted by Gasteiger charge is -2.27. The van der Waals surface area contributed by atoms with Gasteiger partial charge in [-0.1, -0.05) is 24.3 Å². The van der Waals surface area contributed by atoms with Gasteiger partial charge in [0.2, 0.25) is 10.0 Å². The predicted octanol–water partition coefficient (Wildman–Crippen LogP) is 2.49. The smallest absolute Gasteiger partial charge is 0.230 e. The maximum atomic E-state index is 11.6. The van der Waals surface area contributed by atoms with Crippen molar-refractivity contribution in [3.05, 3.63) is 47.2 Å². The lowest BCUT2D eigenvalue weighted by atomic mass is 9.88. The second-order valence-corrected chi connectivity index (χ2v) is 7.35. The number of aromatic nitrogens is 2. The Balaban J connectivity index is 2.07. The fourth-order valence-corrected chi connectivity index (χ4v) is 3.58. The summed E-state index contributed by atoms with van der Waals surface area (Å²) < 4.78 is 27.6. The quantitative estimate of drug-likeness (QED) is 0.947. The monoisotopic (exact) mass is 305 g/mol. The summed E-state index contributed by atoms with van der Waals surface area (Å²) in [4.78, 5) is 0. The molecule has 21 heavy (non-hydrogen) atoms. The van der Waals surface area contributed by atoms with Crippen LogP contribution in [-0.4, -0.2) is 24.5 Å². The average Bonchev–Trinajstić information content (AvgIpc) is 2.78. The number of nitrogens with one attached hydrogen (secondary N) is 1. The second-order valence-electron chi connectivity index (χ2n) is 5.60. The van der Waals surface area contributed by atoms with Crippen molar-refractivity contribution in [2.75, 3.05) is 11.0 Å². The third-order valence-electron chi connectivity index (χ3n) is 3.89. The molecule has 1 aromatic heterocycles. The maximum absolute atomic E-state index is 11.6. The number of nitrogens with zero attached hydrogens (tertiary/aromatic N) is 2. The van der Waals surface area contributed by atoms with Gasteiger partial charge >= 0.3 is 0 Å². The fourth-order valence-electron chi connectivity index (χ4n) is 2.97. The highest BCUT2D eigenvalue weighted by Gasteiger charge is 2.25. The Labute approximate surface area is 125 Å². The van der Waals surface area contributed by atoms with Gasteiger partial charge < -0.3 is 0 Å². The van der Waals surface area contributed by atoms with Gasteiger partial charge in [0, 0.05) is 5.56 Å². The van der Waals surface area contributed by atoms with E-state index in [1.54, 1.807) is 6.20 Å². The van der Waals surface area contributed by atoms with Gasteiger partial charge in [-0.05, 0) is 37.3 Å². The van der Waals surface area contributed by atoms with E-state index in [2.05, 4.69) is 22.0 Å². The molecule has 0 fully saturated rings. The first-order chi connectivity index (χ1) is 9.96. The van der Waals surface area contributed by atoms with Crippen molar-refractivity contribution in [1.82, 2.24) is 9.78 Å². The van der Waals surface area contributed by atoms with Crippen LogP contribution in [0.5, 0.6) is 0 Å². The molecule has 1 N–H and O–H groups in total. The average molecular weight is 305 g/mol. The topological polar surface area (TPSA) is 64.0 Å². The van der Waals surface area contributed by atoms with E-state index in [1.165, 1.54) is 17.4 Å². The van der Waals surface area contributed by atoms with E-state index >= 15 is 0 Å². The molecule has 1 atom stereocenters. The number of hydrogen-bond acceptors (Lipinski definition) is 3. The van der Waals surface area contributed by atoms with Crippen LogP contribution in [0.2, 0.25) is 0 Å². The molecule has 1 aliphatic rings. The summed E-state index contributed by atoms with van der Waals surface area (Å²) in [7, 11) is -3.32. The molecule has 112 valence electrons. The molecule has 0 radical (unpaired) electrons. The lowest BCUT2D eigenvalue weighted by Crippen LogP contribution is -2.22. The third-order valence-corrected chi connectivity index (χ3v) is 4.46. The number of benzene rings is 1. The molecule has 5 nitrogen and oxygen atoms in total. The van der Waals surface area contributed by atoms with Crippen molar-refractivity contribution >= 4 is 15.8 Å². The van der Waals surface area contributed by atoms with Gasteiger partial charge in [-0.3, -0.25) is 4.72 Å². The summed E-state index contributed by atoms with van der Waals surface area (Å²) in [5.74, 6) is 0.569. The van der Waals surface area contributed by atoms with Crippen molar-refractivity contribution in [1.29, 1.82) is 0 Å². The number of hydrogen-bond donors (Lipinski definition) is 1. The van der Waals surface area contributed by atoms with Crippen molar-refractivity contribution in [3.63, 3.8) is 0 Å². The molecule has 2 aromatic rings. The van der Waals surface area contributed by atoms with Gasteiger partial charge in [-0.2, -0.15) is 5.10 Å². The van der Waals surface area contributed by atoms with Crippen molar-refractivity contribution in [2.45, 2.75) is 32.2 Å². The highest BCUT2D eigenvalue weighted by Crippen LogP contribution is 2.35. The van der Waals surface area contributed by atoms with Crippen LogP contribution in [0.25, 0.3) is 0 Å². The highest BCUT2D eigenvalue weighted by molar-refractivity contribution is 7.92. The Morgan fingerprint density at radius 1 is 1.33 bits per heavy atom. The Hall–Kier alpha value is -1.82. The lowest BCUT2D eigenvalue weighted by molar-refractivity contribution is 0.456. The minimum atomic E-state index is -3.32. The number of rotatable bonds is 3. The van der Waals surface area contributed by atoms with E-state index in [0.717, 1.165) is 24.8 Å². The summed E-state index contributed by atoms with van der Waals surface area (Å²) in [6.07, 6.45) is 6.00. The van der Waals surface area contributed by atoms with Gasteiger partial charge in [0.15, 0.2) is 0 Å². The Bertz CT molecular complexity index is 765. The number of anilines is 1. The zero-order chi connectivity index (χ0) is 15.0. The maximum Gasteiger partial charge on any atom is 0.230 e. The van der Waals surface area contributed by atoms with Crippen LogP contribution in [0.1, 0.15) is 35.6 Å². The largest absolute Gasteiger partial charge is 0.268 e. The SMILES string of the molecule is Cc1cnn(C2CCCc3ccccc32)c1NS(C)(=O)=O. The number of sulfonamides is 1. The van der Waals surface area contributed by atoms with Crippen LogP contribution in [-0.2, 0) is 16.4 Å². The van der Waals surface area contributed by atoms with Gasteiger partial charge in [-0.25, -0.2) is 13.1 Å². The van der Waals surface area contributed by atoms with Gasteiger partial charge in [0.05, 0.1) is 18.5 Å². The van der Waals surface area contributed by atoms with Crippen molar-refractivity contribution in [3.8, 4) is 0 Å². The molecular formula is C15H19N3O2S. The Morgan fingerprint density at radius 2 is 2.10 bits per heavy atom. The fraction of sp³-hybridized carbons (Fsp3) is 0.400. The standard InChI is InChI=1S/C15H19N3O2S/c1-11-10-16-18(15(11)17-21(2,19)20)14-9-5-7-12-6-3-4-8-13(12)14/h3-4,6,8,10,14,17H,5,7,9H2,1-2H3. The van der Waals surface area contributed by atoms with Crippen LogP contribution in [0, 0.1) is 6.92 Å². The van der Waals surface area contributed by atoms with E-state index in [9.17, 15) is 8.42 Å². The molecule has 0 saturated carbocycles. The van der Waals surface area contributed by atoms with Crippen molar-refractivity contribution < 1.29 is 8.42 Å². The van der Waals surface area contributed by atoms with Crippen LogP contribution in [0.4, 0.5) is 5.82 Å². The Morgan fingerprint density at radius 3 is 2.86 bits per heavy atom. The van der Waals surface area contributed by atoms with Gasteiger partial charge in [-0.15, -0.1) is 0 Å². The normalized spacial score (nSPS) is 18.3. The number of aryl methyl sites for hydroxylation is 2. The molecule has 0 spiro atoms. The third kappa shape index (κ3) is 2.81. The van der Waals surface area contributed by atoms with E-state index in [4.69, 9.17) is 0 Å². The van der Waals surface area contributed by atoms with Crippen LogP contribution in [0.15, 0.2) is 30.5 Å². The van der Waals surface area contributed by atoms with Gasteiger partial charge in [0.1, 0.15) is 5.82 Å². The van der Waals surface area contributed by atoms with E-state index < -0.39 is 10.0 Å². The Kier molecular flexibility index (Phi) is 3.49. The minimum absolute atomic E-state index is 0.0906. The second kappa shape index (κ2) is 5.18. The first-order valence-corrected chi connectivity index (χ1v) is 8.94. The molecule has 1 aromatic carbocycles. The van der Waals surface area contributed by atoms with E-state index in [1.807, 2.05) is 23.7 Å². The zero-order valence-electron chi connectivity index (χ0n) is 12.2. The molecule has 1 unspecified atom stereocenters. The summed E-state index contributed by atoms with van der Waals surface area (Å²) in [6, 6.07) is 8.41. The summed E-state index contributed by atoms with van der Waals surface area (Å²) >= 11 is 0. The van der Waals surface area contributed by atoms with E-state index in [-0.39, 0.29) is 6.04 Å². The molecule has 0 aliphatic heterocycles. The first kappa shape index (κ1) is 14.1. The molecular weight excluding hydrogens is 286 g/mol. The summed E-state index contributed by atoms with van der Waals surface area (Å²) in [6.45, 7) is 1.87. The molecule has 3 rings (SSSR count). The van der Waals surface area contributed by atoms with E-state index in [0.29, 0.717) is 5.82 Å². The molecule has 1 heterocycles.